The number of thiophene rings is 1. The number of aliphatic imine (C=N–C) groups is 1. The Labute approximate surface area is 160 Å². The highest BCUT2D eigenvalue weighted by atomic mass is 32.2. The molecule has 8 heteroatoms. The Kier molecular flexibility index (Phi) is 5.52. The van der Waals surface area contributed by atoms with Gasteiger partial charge in [0.25, 0.3) is 0 Å². The first-order valence-corrected chi connectivity index (χ1v) is 12.3. The third kappa shape index (κ3) is 4.98. The number of guanidine groups is 1. The molecule has 1 saturated carbocycles. The number of hydrogen-bond donors (Lipinski definition) is 1. The van der Waals surface area contributed by atoms with Crippen molar-refractivity contribution in [3.05, 3.63) is 22.4 Å². The molecule has 1 aromatic heterocycles. The van der Waals surface area contributed by atoms with Crippen LogP contribution in [0.15, 0.2) is 22.5 Å². The van der Waals surface area contributed by atoms with Gasteiger partial charge in [-0.2, -0.15) is 0 Å². The molecule has 0 spiro atoms. The summed E-state index contributed by atoms with van der Waals surface area (Å²) in [7, 11) is -2.82. The van der Waals surface area contributed by atoms with Gasteiger partial charge >= 0.3 is 0 Å². The topological polar surface area (TPSA) is 65.0 Å². The molecule has 3 aliphatic rings. The summed E-state index contributed by atoms with van der Waals surface area (Å²) in [5.74, 6) is 1.82. The van der Waals surface area contributed by atoms with E-state index in [1.54, 1.807) is 0 Å². The normalized spacial score (nSPS) is 27.0. The van der Waals surface area contributed by atoms with Gasteiger partial charge in [-0.3, -0.25) is 9.89 Å². The van der Waals surface area contributed by atoms with E-state index in [1.807, 2.05) is 11.3 Å². The average Bonchev–Trinajstić information content (AvgIpc) is 3.16. The van der Waals surface area contributed by atoms with E-state index in [0.717, 1.165) is 45.1 Å². The summed E-state index contributed by atoms with van der Waals surface area (Å²) >= 11 is 1.82. The van der Waals surface area contributed by atoms with E-state index in [2.05, 4.69) is 32.6 Å². The molecule has 1 aliphatic carbocycles. The van der Waals surface area contributed by atoms with Crippen molar-refractivity contribution in [2.24, 2.45) is 10.9 Å². The molecule has 3 fully saturated rings. The van der Waals surface area contributed by atoms with Crippen LogP contribution in [-0.4, -0.2) is 74.4 Å². The van der Waals surface area contributed by atoms with Gasteiger partial charge in [-0.25, -0.2) is 8.42 Å². The molecule has 1 unspecified atom stereocenters. The molecule has 4 rings (SSSR count). The van der Waals surface area contributed by atoms with Crippen LogP contribution in [-0.2, 0) is 16.4 Å². The monoisotopic (exact) mass is 396 g/mol. The first-order chi connectivity index (χ1) is 12.6. The summed E-state index contributed by atoms with van der Waals surface area (Å²) < 4.78 is 23.3. The molecular formula is C18H28N4O2S2. The zero-order valence-electron chi connectivity index (χ0n) is 15.1. The molecule has 3 heterocycles. The number of nitrogens with zero attached hydrogens (tertiary/aromatic N) is 3. The lowest BCUT2D eigenvalue weighted by Gasteiger charge is -2.36. The van der Waals surface area contributed by atoms with Gasteiger partial charge in [0.1, 0.15) is 0 Å². The quantitative estimate of drug-likeness (QED) is 0.602. The van der Waals surface area contributed by atoms with Gasteiger partial charge in [0.15, 0.2) is 15.8 Å². The fraction of sp³-hybridized carbons (Fsp3) is 0.722. The standard InChI is InChI=1S/C18H28N4O2S2/c23-26(24)11-5-15(14-26)12-19-18(20-16-3-4-16)22-8-6-21(7-9-22)13-17-2-1-10-25-17/h1-2,10,15-16H,3-9,11-14H2,(H,19,20). The van der Waals surface area contributed by atoms with E-state index < -0.39 is 9.84 Å². The van der Waals surface area contributed by atoms with Gasteiger partial charge in [0.2, 0.25) is 0 Å². The first kappa shape index (κ1) is 18.3. The van der Waals surface area contributed by atoms with Crippen LogP contribution in [0.2, 0.25) is 0 Å². The van der Waals surface area contributed by atoms with Gasteiger partial charge < -0.3 is 10.2 Å². The highest BCUT2D eigenvalue weighted by Gasteiger charge is 2.30. The fourth-order valence-electron chi connectivity index (χ4n) is 3.62. The maximum absolute atomic E-state index is 11.7. The summed E-state index contributed by atoms with van der Waals surface area (Å²) in [6.45, 7) is 5.71. The first-order valence-electron chi connectivity index (χ1n) is 9.58. The number of nitrogens with one attached hydrogen (secondary N) is 1. The predicted octanol–water partition coefficient (Wildman–Crippen LogP) is 1.41. The van der Waals surface area contributed by atoms with E-state index in [4.69, 9.17) is 4.99 Å². The molecule has 0 amide bonds. The largest absolute Gasteiger partial charge is 0.354 e. The maximum Gasteiger partial charge on any atom is 0.194 e. The molecule has 26 heavy (non-hydrogen) atoms. The fourth-order valence-corrected chi connectivity index (χ4v) is 6.22. The van der Waals surface area contributed by atoms with Gasteiger partial charge in [-0.1, -0.05) is 6.07 Å². The SMILES string of the molecule is O=S1(=O)CCC(CN=C(NC2CC2)N2CCN(Cc3cccs3)CC2)C1. The Hall–Kier alpha value is -1.12. The molecule has 1 atom stereocenters. The Balaban J connectivity index is 1.32. The Bertz CT molecular complexity index is 720. The maximum atomic E-state index is 11.7. The minimum absolute atomic E-state index is 0.191. The Morgan fingerprint density at radius 3 is 2.65 bits per heavy atom. The van der Waals surface area contributed by atoms with Crippen LogP contribution in [0.3, 0.4) is 0 Å². The lowest BCUT2D eigenvalue weighted by atomic mass is 10.1. The second-order valence-corrected chi connectivity index (χ2v) is 11.0. The lowest BCUT2D eigenvalue weighted by Crippen LogP contribution is -2.52. The van der Waals surface area contributed by atoms with Crippen LogP contribution < -0.4 is 5.32 Å². The molecule has 6 nitrogen and oxygen atoms in total. The molecule has 144 valence electrons. The summed E-state index contributed by atoms with van der Waals surface area (Å²) in [6, 6.07) is 4.88. The lowest BCUT2D eigenvalue weighted by molar-refractivity contribution is 0.173. The highest BCUT2D eigenvalue weighted by molar-refractivity contribution is 7.91. The van der Waals surface area contributed by atoms with Crippen molar-refractivity contribution in [1.29, 1.82) is 0 Å². The third-order valence-corrected chi connectivity index (χ3v) is 8.07. The van der Waals surface area contributed by atoms with Crippen LogP contribution in [0.25, 0.3) is 0 Å². The molecule has 0 aromatic carbocycles. The zero-order valence-corrected chi connectivity index (χ0v) is 16.8. The molecule has 0 bridgehead atoms. The van der Waals surface area contributed by atoms with Gasteiger partial charge in [-0.05, 0) is 36.6 Å². The number of rotatable bonds is 5. The van der Waals surface area contributed by atoms with Crippen LogP contribution in [0, 0.1) is 5.92 Å². The third-order valence-electron chi connectivity index (χ3n) is 5.37. The van der Waals surface area contributed by atoms with E-state index in [9.17, 15) is 8.42 Å². The summed E-state index contributed by atoms with van der Waals surface area (Å²) in [4.78, 5) is 11.1. The van der Waals surface area contributed by atoms with Crippen molar-refractivity contribution in [1.82, 2.24) is 15.1 Å². The van der Waals surface area contributed by atoms with E-state index >= 15 is 0 Å². The summed E-state index contributed by atoms with van der Waals surface area (Å²) in [5, 5.41) is 5.71. The number of hydrogen-bond acceptors (Lipinski definition) is 5. The van der Waals surface area contributed by atoms with Crippen LogP contribution in [0.4, 0.5) is 0 Å². The second kappa shape index (κ2) is 7.86. The summed E-state index contributed by atoms with van der Waals surface area (Å²) in [5.41, 5.74) is 0. The second-order valence-electron chi connectivity index (χ2n) is 7.69. The Morgan fingerprint density at radius 1 is 1.23 bits per heavy atom. The van der Waals surface area contributed by atoms with E-state index in [1.165, 1.54) is 17.7 Å². The molecule has 0 radical (unpaired) electrons. The van der Waals surface area contributed by atoms with Crippen molar-refractivity contribution in [2.45, 2.75) is 31.8 Å². The van der Waals surface area contributed by atoms with Crippen molar-refractivity contribution < 1.29 is 8.42 Å². The van der Waals surface area contributed by atoms with E-state index in [-0.39, 0.29) is 5.92 Å². The van der Waals surface area contributed by atoms with Gasteiger partial charge in [-0.15, -0.1) is 11.3 Å². The van der Waals surface area contributed by atoms with Crippen LogP contribution in [0.5, 0.6) is 0 Å². The van der Waals surface area contributed by atoms with Gasteiger partial charge in [0, 0.05) is 50.2 Å². The van der Waals surface area contributed by atoms with Gasteiger partial charge in [0.05, 0.1) is 11.5 Å². The zero-order chi connectivity index (χ0) is 18.0. The van der Waals surface area contributed by atoms with E-state index in [0.29, 0.717) is 24.1 Å². The van der Waals surface area contributed by atoms with Crippen molar-refractivity contribution in [3.63, 3.8) is 0 Å². The number of piperazine rings is 1. The Morgan fingerprint density at radius 2 is 2.04 bits per heavy atom. The van der Waals surface area contributed by atoms with Crippen molar-refractivity contribution in [3.8, 4) is 0 Å². The molecule has 2 aliphatic heterocycles. The molecule has 1 aromatic rings. The van der Waals surface area contributed by atoms with Crippen LogP contribution >= 0.6 is 11.3 Å². The van der Waals surface area contributed by atoms with Crippen molar-refractivity contribution in [2.75, 3.05) is 44.2 Å². The average molecular weight is 397 g/mol. The molecule has 1 N–H and O–H groups in total. The molecular weight excluding hydrogens is 368 g/mol. The minimum atomic E-state index is -2.82. The summed E-state index contributed by atoms with van der Waals surface area (Å²) in [6.07, 6.45) is 3.20. The number of sulfone groups is 1. The minimum Gasteiger partial charge on any atom is -0.354 e. The predicted molar refractivity (Wildman–Crippen MR) is 106 cm³/mol. The highest BCUT2D eigenvalue weighted by Crippen LogP contribution is 2.21. The van der Waals surface area contributed by atoms with Crippen molar-refractivity contribution >= 4 is 27.1 Å². The van der Waals surface area contributed by atoms with Crippen LogP contribution in [0.1, 0.15) is 24.1 Å². The smallest absolute Gasteiger partial charge is 0.194 e. The molecule has 2 saturated heterocycles.